The van der Waals surface area contributed by atoms with Crippen LogP contribution in [-0.2, 0) is 6.54 Å². The molecule has 1 aromatic heterocycles. The Labute approximate surface area is 95.1 Å². The lowest BCUT2D eigenvalue weighted by Gasteiger charge is -1.96. The minimum atomic E-state index is 0.458. The van der Waals surface area contributed by atoms with Gasteiger partial charge in [-0.1, -0.05) is 0 Å². The summed E-state index contributed by atoms with van der Waals surface area (Å²) in [5.74, 6) is 0. The minimum Gasteiger partial charge on any atom is -0.255 e. The van der Waals surface area contributed by atoms with Crippen molar-refractivity contribution >= 4 is 47.8 Å². The Balaban J connectivity index is 2.87. The zero-order valence-electron chi connectivity index (χ0n) is 5.89. The van der Waals surface area contributed by atoms with Gasteiger partial charge in [0, 0.05) is 0 Å². The standard InChI is InChI=1S/C6H4Br3N3/c7-4-5(8)11-12(6(4)9)3-1-2-10/h1,3H2. The third-order valence-electron chi connectivity index (χ3n) is 1.23. The van der Waals surface area contributed by atoms with Gasteiger partial charge >= 0.3 is 0 Å². The Hall–Kier alpha value is 0.140. The highest BCUT2D eigenvalue weighted by Crippen LogP contribution is 2.30. The normalized spacial score (nSPS) is 9.83. The zero-order valence-corrected chi connectivity index (χ0v) is 10.6. The van der Waals surface area contributed by atoms with E-state index < -0.39 is 0 Å². The van der Waals surface area contributed by atoms with Gasteiger partial charge in [-0.15, -0.1) is 0 Å². The van der Waals surface area contributed by atoms with Crippen LogP contribution in [0.2, 0.25) is 0 Å². The van der Waals surface area contributed by atoms with Gasteiger partial charge in [-0.3, -0.25) is 4.68 Å². The molecule has 0 N–H and O–H groups in total. The van der Waals surface area contributed by atoms with Crippen molar-refractivity contribution < 1.29 is 0 Å². The molecule has 0 radical (unpaired) electrons. The molecule has 0 unspecified atom stereocenters. The number of nitrogens with zero attached hydrogens (tertiary/aromatic N) is 3. The Bertz CT molecular complexity index is 326. The molecular formula is C6H4Br3N3. The van der Waals surface area contributed by atoms with Gasteiger partial charge in [0.25, 0.3) is 0 Å². The van der Waals surface area contributed by atoms with Crippen LogP contribution >= 0.6 is 47.8 Å². The summed E-state index contributed by atoms with van der Waals surface area (Å²) in [5, 5.41) is 12.5. The second-order valence-corrected chi connectivity index (χ2v) is 4.32. The van der Waals surface area contributed by atoms with Gasteiger partial charge in [0.1, 0.15) is 9.21 Å². The van der Waals surface area contributed by atoms with Crippen molar-refractivity contribution in [3.8, 4) is 6.07 Å². The predicted octanol–water partition coefficient (Wildman–Crippen LogP) is 3.08. The van der Waals surface area contributed by atoms with Crippen molar-refractivity contribution in [1.82, 2.24) is 9.78 Å². The van der Waals surface area contributed by atoms with E-state index in [4.69, 9.17) is 5.26 Å². The van der Waals surface area contributed by atoms with Crippen molar-refractivity contribution in [3.63, 3.8) is 0 Å². The van der Waals surface area contributed by atoms with Gasteiger partial charge in [-0.25, -0.2) is 0 Å². The molecule has 0 saturated carbocycles. The summed E-state index contributed by atoms with van der Waals surface area (Å²) in [6.07, 6.45) is 0.458. The summed E-state index contributed by atoms with van der Waals surface area (Å²) in [6.45, 7) is 0.598. The third kappa shape index (κ3) is 2.09. The molecular weight excluding hydrogens is 354 g/mol. The Morgan fingerprint density at radius 1 is 1.42 bits per heavy atom. The number of aryl methyl sites for hydroxylation is 1. The van der Waals surface area contributed by atoms with Crippen molar-refractivity contribution in [1.29, 1.82) is 5.26 Å². The summed E-state index contributed by atoms with van der Waals surface area (Å²) in [4.78, 5) is 0. The van der Waals surface area contributed by atoms with Crippen LogP contribution in [0.3, 0.4) is 0 Å². The minimum absolute atomic E-state index is 0.458. The fourth-order valence-corrected chi connectivity index (χ4v) is 2.07. The molecule has 0 saturated heterocycles. The first-order valence-electron chi connectivity index (χ1n) is 3.11. The SMILES string of the molecule is N#CCCn1nc(Br)c(Br)c1Br. The Kier molecular flexibility index (Phi) is 3.75. The smallest absolute Gasteiger partial charge is 0.143 e. The molecule has 0 aliphatic carbocycles. The number of hydrogen-bond acceptors (Lipinski definition) is 2. The lowest BCUT2D eigenvalue weighted by Crippen LogP contribution is -1.99. The lowest BCUT2D eigenvalue weighted by molar-refractivity contribution is 0.611. The van der Waals surface area contributed by atoms with Crippen molar-refractivity contribution in [2.24, 2.45) is 0 Å². The monoisotopic (exact) mass is 355 g/mol. The molecule has 0 atom stereocenters. The van der Waals surface area contributed by atoms with Crippen molar-refractivity contribution in [3.05, 3.63) is 13.7 Å². The summed E-state index contributed by atoms with van der Waals surface area (Å²) < 4.78 is 4.19. The molecule has 64 valence electrons. The molecule has 3 nitrogen and oxygen atoms in total. The van der Waals surface area contributed by atoms with Crippen LogP contribution < -0.4 is 0 Å². The highest BCUT2D eigenvalue weighted by molar-refractivity contribution is 9.14. The molecule has 1 rings (SSSR count). The Morgan fingerprint density at radius 3 is 2.50 bits per heavy atom. The average Bonchev–Trinajstić information content (AvgIpc) is 2.30. The van der Waals surface area contributed by atoms with E-state index in [2.05, 4.69) is 59.0 Å². The summed E-state index contributed by atoms with van der Waals surface area (Å²) in [6, 6.07) is 2.06. The van der Waals surface area contributed by atoms with E-state index >= 15 is 0 Å². The maximum Gasteiger partial charge on any atom is 0.143 e. The quantitative estimate of drug-likeness (QED) is 0.816. The number of nitriles is 1. The van der Waals surface area contributed by atoms with Gasteiger partial charge in [0.05, 0.1) is 23.5 Å². The van der Waals surface area contributed by atoms with E-state index in [1.165, 1.54) is 0 Å². The van der Waals surface area contributed by atoms with Gasteiger partial charge in [-0.05, 0) is 47.8 Å². The Morgan fingerprint density at radius 2 is 2.08 bits per heavy atom. The van der Waals surface area contributed by atoms with Crippen LogP contribution in [0.25, 0.3) is 0 Å². The molecule has 0 bridgehead atoms. The largest absolute Gasteiger partial charge is 0.255 e. The fourth-order valence-electron chi connectivity index (χ4n) is 0.696. The lowest BCUT2D eigenvalue weighted by atomic mass is 10.5. The highest BCUT2D eigenvalue weighted by Gasteiger charge is 2.10. The van der Waals surface area contributed by atoms with Gasteiger partial charge in [0.2, 0.25) is 0 Å². The molecule has 0 fully saturated rings. The predicted molar refractivity (Wildman–Crippen MR) is 55.6 cm³/mol. The zero-order chi connectivity index (χ0) is 9.14. The first-order valence-corrected chi connectivity index (χ1v) is 5.49. The number of hydrogen-bond donors (Lipinski definition) is 0. The number of aromatic nitrogens is 2. The second-order valence-electron chi connectivity index (χ2n) is 2.03. The van der Waals surface area contributed by atoms with E-state index in [1.54, 1.807) is 4.68 Å². The van der Waals surface area contributed by atoms with E-state index in [0.29, 0.717) is 13.0 Å². The first-order chi connectivity index (χ1) is 5.66. The van der Waals surface area contributed by atoms with E-state index in [0.717, 1.165) is 13.7 Å². The van der Waals surface area contributed by atoms with Crippen LogP contribution in [0.5, 0.6) is 0 Å². The van der Waals surface area contributed by atoms with Crippen LogP contribution in [0.1, 0.15) is 6.42 Å². The third-order valence-corrected chi connectivity index (χ3v) is 4.41. The molecule has 0 amide bonds. The highest BCUT2D eigenvalue weighted by atomic mass is 79.9. The van der Waals surface area contributed by atoms with Crippen molar-refractivity contribution in [2.45, 2.75) is 13.0 Å². The van der Waals surface area contributed by atoms with Gasteiger partial charge in [0.15, 0.2) is 0 Å². The van der Waals surface area contributed by atoms with E-state index in [1.807, 2.05) is 0 Å². The first kappa shape index (κ1) is 10.2. The second kappa shape index (κ2) is 4.40. The van der Waals surface area contributed by atoms with E-state index in [9.17, 15) is 0 Å². The number of rotatable bonds is 2. The van der Waals surface area contributed by atoms with Crippen LogP contribution in [0, 0.1) is 11.3 Å². The molecule has 0 aliphatic rings. The summed E-state index contributed by atoms with van der Waals surface area (Å²) >= 11 is 9.94. The fraction of sp³-hybridized carbons (Fsp3) is 0.333. The molecule has 0 aliphatic heterocycles. The van der Waals surface area contributed by atoms with Crippen molar-refractivity contribution in [2.75, 3.05) is 0 Å². The summed E-state index contributed by atoms with van der Waals surface area (Å²) in [7, 11) is 0. The molecule has 0 aromatic carbocycles. The number of halogens is 3. The average molecular weight is 358 g/mol. The van der Waals surface area contributed by atoms with Gasteiger partial charge in [-0.2, -0.15) is 10.4 Å². The maximum absolute atomic E-state index is 8.36. The maximum atomic E-state index is 8.36. The molecule has 6 heteroatoms. The molecule has 1 heterocycles. The van der Waals surface area contributed by atoms with Crippen LogP contribution in [-0.4, -0.2) is 9.78 Å². The topological polar surface area (TPSA) is 41.6 Å². The van der Waals surface area contributed by atoms with Gasteiger partial charge < -0.3 is 0 Å². The van der Waals surface area contributed by atoms with Crippen LogP contribution in [0.15, 0.2) is 13.7 Å². The molecule has 0 spiro atoms. The molecule has 1 aromatic rings. The molecule has 12 heavy (non-hydrogen) atoms. The van der Waals surface area contributed by atoms with E-state index in [-0.39, 0.29) is 0 Å². The van der Waals surface area contributed by atoms with Crippen LogP contribution in [0.4, 0.5) is 0 Å². The summed E-state index contributed by atoms with van der Waals surface area (Å²) in [5.41, 5.74) is 0.